The number of rotatable bonds is 6. The van der Waals surface area contributed by atoms with Gasteiger partial charge in [-0.25, -0.2) is 0 Å². The Balaban J connectivity index is 3.10. The summed E-state index contributed by atoms with van der Waals surface area (Å²) in [6.45, 7) is 5.63. The van der Waals surface area contributed by atoms with Gasteiger partial charge in [-0.2, -0.15) is 0 Å². The maximum absolute atomic E-state index is 4.92. The molecule has 0 fully saturated rings. The highest BCUT2D eigenvalue weighted by Crippen LogP contribution is 2.04. The number of hydrogen-bond donors (Lipinski definition) is 0. The second-order valence-corrected chi connectivity index (χ2v) is 2.92. The SMILES string of the molecule is C=COC(=S)CCCCCC. The molecule has 0 saturated heterocycles. The van der Waals surface area contributed by atoms with Crippen molar-refractivity contribution in [3.63, 3.8) is 0 Å². The van der Waals surface area contributed by atoms with E-state index in [0.717, 1.165) is 12.8 Å². The molecule has 0 unspecified atom stereocenters. The average Bonchev–Trinajstić information content (AvgIpc) is 1.99. The van der Waals surface area contributed by atoms with Gasteiger partial charge in [0.15, 0.2) is 5.05 Å². The van der Waals surface area contributed by atoms with E-state index in [1.54, 1.807) is 0 Å². The highest BCUT2D eigenvalue weighted by Gasteiger charge is 1.94. The Hall–Kier alpha value is -0.370. The molecule has 0 spiro atoms. The van der Waals surface area contributed by atoms with Crippen LogP contribution in [0.1, 0.15) is 39.0 Å². The Bertz CT molecular complexity index is 121. The van der Waals surface area contributed by atoms with E-state index in [0.29, 0.717) is 5.05 Å². The predicted octanol–water partition coefficient (Wildman–Crippen LogP) is 3.44. The van der Waals surface area contributed by atoms with Crippen LogP contribution < -0.4 is 0 Å². The van der Waals surface area contributed by atoms with Crippen molar-refractivity contribution in [2.24, 2.45) is 0 Å². The molecule has 64 valence electrons. The van der Waals surface area contributed by atoms with Crippen LogP contribution in [0.15, 0.2) is 12.8 Å². The van der Waals surface area contributed by atoms with Gasteiger partial charge in [0.1, 0.15) is 0 Å². The Labute approximate surface area is 74.4 Å². The van der Waals surface area contributed by atoms with E-state index in [2.05, 4.69) is 13.5 Å². The van der Waals surface area contributed by atoms with Gasteiger partial charge in [0.25, 0.3) is 0 Å². The molecule has 11 heavy (non-hydrogen) atoms. The van der Waals surface area contributed by atoms with Gasteiger partial charge in [0, 0.05) is 6.42 Å². The monoisotopic (exact) mass is 172 g/mol. The van der Waals surface area contributed by atoms with Gasteiger partial charge in [-0.05, 0) is 18.6 Å². The number of thiocarbonyl (C=S) groups is 1. The molecule has 0 atom stereocenters. The largest absolute Gasteiger partial charge is 0.459 e. The van der Waals surface area contributed by atoms with Gasteiger partial charge >= 0.3 is 0 Å². The van der Waals surface area contributed by atoms with Gasteiger partial charge in [0.05, 0.1) is 6.26 Å². The third-order valence-corrected chi connectivity index (χ3v) is 1.75. The molecule has 0 radical (unpaired) electrons. The molecule has 0 aromatic heterocycles. The summed E-state index contributed by atoms with van der Waals surface area (Å²) < 4.78 is 4.92. The fourth-order valence-electron chi connectivity index (χ4n) is 0.848. The van der Waals surface area contributed by atoms with E-state index in [1.807, 2.05) is 0 Å². The Morgan fingerprint density at radius 1 is 1.45 bits per heavy atom. The normalized spacial score (nSPS) is 9.18. The molecule has 2 heteroatoms. The summed E-state index contributed by atoms with van der Waals surface area (Å²) in [6.07, 6.45) is 7.22. The molecule has 0 saturated carbocycles. The van der Waals surface area contributed by atoms with Crippen LogP contribution >= 0.6 is 12.2 Å². The first-order chi connectivity index (χ1) is 5.31. The topological polar surface area (TPSA) is 9.23 Å². The van der Waals surface area contributed by atoms with Gasteiger partial charge < -0.3 is 4.74 Å². The molecule has 0 rings (SSSR count). The molecule has 0 aliphatic rings. The lowest BCUT2D eigenvalue weighted by Gasteiger charge is -2.00. The Morgan fingerprint density at radius 2 is 2.18 bits per heavy atom. The van der Waals surface area contributed by atoms with Crippen molar-refractivity contribution in [1.29, 1.82) is 0 Å². The lowest BCUT2D eigenvalue weighted by molar-refractivity contribution is 0.466. The van der Waals surface area contributed by atoms with Gasteiger partial charge in [-0.3, -0.25) is 0 Å². The van der Waals surface area contributed by atoms with Crippen LogP contribution in [-0.4, -0.2) is 5.05 Å². The zero-order valence-corrected chi connectivity index (χ0v) is 7.95. The van der Waals surface area contributed by atoms with Crippen LogP contribution in [-0.2, 0) is 4.74 Å². The fourth-order valence-corrected chi connectivity index (χ4v) is 1.06. The molecule has 0 heterocycles. The first kappa shape index (κ1) is 10.6. The lowest BCUT2D eigenvalue weighted by Crippen LogP contribution is -1.95. The van der Waals surface area contributed by atoms with E-state index in [4.69, 9.17) is 17.0 Å². The van der Waals surface area contributed by atoms with Crippen molar-refractivity contribution >= 4 is 17.3 Å². The van der Waals surface area contributed by atoms with Crippen LogP contribution in [0.4, 0.5) is 0 Å². The minimum absolute atomic E-state index is 0.663. The van der Waals surface area contributed by atoms with Crippen LogP contribution in [0.2, 0.25) is 0 Å². The summed E-state index contributed by atoms with van der Waals surface area (Å²) in [5, 5.41) is 0.663. The third-order valence-electron chi connectivity index (χ3n) is 1.45. The predicted molar refractivity (Wildman–Crippen MR) is 52.6 cm³/mol. The lowest BCUT2D eigenvalue weighted by atomic mass is 10.2. The molecule has 0 aliphatic carbocycles. The number of hydrogen-bond acceptors (Lipinski definition) is 2. The summed E-state index contributed by atoms with van der Waals surface area (Å²) in [5.74, 6) is 0. The van der Waals surface area contributed by atoms with Crippen LogP contribution in [0.5, 0.6) is 0 Å². The van der Waals surface area contributed by atoms with Crippen molar-refractivity contribution in [1.82, 2.24) is 0 Å². The zero-order valence-electron chi connectivity index (χ0n) is 7.14. The molecular formula is C9H16OS. The van der Waals surface area contributed by atoms with E-state index in [-0.39, 0.29) is 0 Å². The Kier molecular flexibility index (Phi) is 7.47. The minimum atomic E-state index is 0.663. The fraction of sp³-hybridized carbons (Fsp3) is 0.667. The van der Waals surface area contributed by atoms with E-state index < -0.39 is 0 Å². The Morgan fingerprint density at radius 3 is 2.73 bits per heavy atom. The molecule has 0 aromatic rings. The van der Waals surface area contributed by atoms with Crippen molar-refractivity contribution in [2.45, 2.75) is 39.0 Å². The first-order valence-corrected chi connectivity index (χ1v) is 4.52. The maximum Gasteiger partial charge on any atom is 0.166 e. The van der Waals surface area contributed by atoms with Crippen molar-refractivity contribution in [3.05, 3.63) is 12.8 Å². The third kappa shape index (κ3) is 7.53. The standard InChI is InChI=1S/C9H16OS/c1-3-5-6-7-8-9(11)10-4-2/h4H,2-3,5-8H2,1H3. The second-order valence-electron chi connectivity index (χ2n) is 2.47. The van der Waals surface area contributed by atoms with E-state index in [1.165, 1.54) is 25.5 Å². The number of unbranched alkanes of at least 4 members (excludes halogenated alkanes) is 3. The molecule has 0 bridgehead atoms. The second kappa shape index (κ2) is 7.73. The molecule has 0 N–H and O–H groups in total. The number of ether oxygens (including phenoxy) is 1. The van der Waals surface area contributed by atoms with Crippen LogP contribution in [0.3, 0.4) is 0 Å². The van der Waals surface area contributed by atoms with Gasteiger partial charge in [-0.15, -0.1) is 0 Å². The van der Waals surface area contributed by atoms with Gasteiger partial charge in [0.2, 0.25) is 0 Å². The molecule has 0 aliphatic heterocycles. The maximum atomic E-state index is 4.92. The molecule has 0 aromatic carbocycles. The van der Waals surface area contributed by atoms with Crippen molar-refractivity contribution in [3.8, 4) is 0 Å². The van der Waals surface area contributed by atoms with Crippen LogP contribution in [0, 0.1) is 0 Å². The highest BCUT2D eigenvalue weighted by atomic mass is 32.1. The van der Waals surface area contributed by atoms with Gasteiger partial charge in [-0.1, -0.05) is 32.8 Å². The van der Waals surface area contributed by atoms with E-state index >= 15 is 0 Å². The summed E-state index contributed by atoms with van der Waals surface area (Å²) in [5.41, 5.74) is 0. The van der Waals surface area contributed by atoms with E-state index in [9.17, 15) is 0 Å². The minimum Gasteiger partial charge on any atom is -0.459 e. The van der Waals surface area contributed by atoms with Crippen LogP contribution in [0.25, 0.3) is 0 Å². The molecule has 0 amide bonds. The smallest absolute Gasteiger partial charge is 0.166 e. The highest BCUT2D eigenvalue weighted by molar-refractivity contribution is 7.80. The zero-order chi connectivity index (χ0) is 8.53. The van der Waals surface area contributed by atoms with Crippen molar-refractivity contribution in [2.75, 3.05) is 0 Å². The molecular weight excluding hydrogens is 156 g/mol. The average molecular weight is 172 g/mol. The summed E-state index contributed by atoms with van der Waals surface area (Å²) in [4.78, 5) is 0. The summed E-state index contributed by atoms with van der Waals surface area (Å²) >= 11 is 4.91. The quantitative estimate of drug-likeness (QED) is 0.345. The van der Waals surface area contributed by atoms with Crippen molar-refractivity contribution < 1.29 is 4.74 Å². The summed E-state index contributed by atoms with van der Waals surface area (Å²) in [7, 11) is 0. The first-order valence-electron chi connectivity index (χ1n) is 4.11. The molecule has 1 nitrogen and oxygen atoms in total. The summed E-state index contributed by atoms with van der Waals surface area (Å²) in [6, 6.07) is 0.